The highest BCUT2D eigenvalue weighted by Crippen LogP contribution is 2.40. The van der Waals surface area contributed by atoms with Crippen molar-refractivity contribution in [2.75, 3.05) is 39.9 Å². The summed E-state index contributed by atoms with van der Waals surface area (Å²) < 4.78 is 39.1. The zero-order valence-corrected chi connectivity index (χ0v) is 15.2. The van der Waals surface area contributed by atoms with Gasteiger partial charge in [-0.05, 0) is 12.5 Å². The quantitative estimate of drug-likeness (QED) is 0.752. The summed E-state index contributed by atoms with van der Waals surface area (Å²) in [6, 6.07) is 3.19. The van der Waals surface area contributed by atoms with Crippen LogP contribution in [0.1, 0.15) is 12.0 Å². The Labute approximate surface area is 142 Å². The summed E-state index contributed by atoms with van der Waals surface area (Å²) in [6.45, 7) is 0. The van der Waals surface area contributed by atoms with E-state index in [0.717, 1.165) is 0 Å². The minimum absolute atomic E-state index is 0.0261. The summed E-state index contributed by atoms with van der Waals surface area (Å²) in [5, 5.41) is 0. The lowest BCUT2D eigenvalue weighted by molar-refractivity contribution is -0.130. The largest absolute Gasteiger partial charge is 0.493 e. The van der Waals surface area contributed by atoms with Crippen molar-refractivity contribution in [2.24, 2.45) is 0 Å². The molecule has 0 bridgehead atoms. The van der Waals surface area contributed by atoms with E-state index in [1.165, 1.54) is 26.2 Å². The number of carbonyl (C=O) groups excluding carboxylic acids is 1. The molecule has 1 amide bonds. The molecule has 7 nitrogen and oxygen atoms in total. The summed E-state index contributed by atoms with van der Waals surface area (Å²) in [4.78, 5) is 14.1. The van der Waals surface area contributed by atoms with Crippen LogP contribution in [0.4, 0.5) is 0 Å². The molecule has 1 atom stereocenters. The van der Waals surface area contributed by atoms with Crippen LogP contribution < -0.4 is 14.2 Å². The van der Waals surface area contributed by atoms with Gasteiger partial charge in [0.25, 0.3) is 0 Å². The minimum atomic E-state index is -3.03. The molecule has 0 aliphatic carbocycles. The number of sulfone groups is 1. The van der Waals surface area contributed by atoms with Crippen LogP contribution in [0, 0.1) is 0 Å². The third-order valence-electron chi connectivity index (χ3n) is 4.28. The molecular formula is C16H23NO6S. The average Bonchev–Trinajstić information content (AvgIpc) is 2.93. The number of ether oxygens (including phenoxy) is 3. The van der Waals surface area contributed by atoms with Gasteiger partial charge in [-0.25, -0.2) is 8.42 Å². The Hall–Kier alpha value is -1.96. The van der Waals surface area contributed by atoms with Crippen molar-refractivity contribution in [3.63, 3.8) is 0 Å². The Morgan fingerprint density at radius 2 is 1.83 bits per heavy atom. The third kappa shape index (κ3) is 3.75. The molecule has 2 rings (SSSR count). The predicted molar refractivity (Wildman–Crippen MR) is 89.6 cm³/mol. The lowest BCUT2D eigenvalue weighted by atomic mass is 10.1. The second-order valence-corrected chi connectivity index (χ2v) is 7.96. The maximum Gasteiger partial charge on any atom is 0.227 e. The smallest absolute Gasteiger partial charge is 0.227 e. The monoisotopic (exact) mass is 357 g/mol. The topological polar surface area (TPSA) is 82.1 Å². The summed E-state index contributed by atoms with van der Waals surface area (Å²) >= 11 is 0. The maximum absolute atomic E-state index is 12.5. The van der Waals surface area contributed by atoms with Gasteiger partial charge in [-0.15, -0.1) is 0 Å². The first kappa shape index (κ1) is 18.4. The van der Waals surface area contributed by atoms with E-state index in [-0.39, 0.29) is 29.9 Å². The summed E-state index contributed by atoms with van der Waals surface area (Å²) in [6.07, 6.45) is 0.574. The molecule has 1 unspecified atom stereocenters. The van der Waals surface area contributed by atoms with Crippen LogP contribution in [0.2, 0.25) is 0 Å². The molecule has 0 aromatic heterocycles. The number of carbonyl (C=O) groups is 1. The van der Waals surface area contributed by atoms with Gasteiger partial charge in [0, 0.05) is 18.7 Å². The van der Waals surface area contributed by atoms with E-state index < -0.39 is 9.84 Å². The molecule has 1 aliphatic rings. The van der Waals surface area contributed by atoms with Gasteiger partial charge in [0.1, 0.15) is 0 Å². The van der Waals surface area contributed by atoms with Gasteiger partial charge in [-0.1, -0.05) is 6.07 Å². The van der Waals surface area contributed by atoms with Gasteiger partial charge in [0.15, 0.2) is 21.3 Å². The van der Waals surface area contributed by atoms with Crippen molar-refractivity contribution in [1.82, 2.24) is 4.90 Å². The molecule has 0 radical (unpaired) electrons. The molecule has 1 heterocycles. The molecule has 1 aromatic rings. The highest BCUT2D eigenvalue weighted by molar-refractivity contribution is 7.91. The van der Waals surface area contributed by atoms with Crippen molar-refractivity contribution in [3.8, 4) is 17.2 Å². The van der Waals surface area contributed by atoms with E-state index in [1.807, 2.05) is 0 Å². The van der Waals surface area contributed by atoms with Crippen LogP contribution in [0.15, 0.2) is 12.1 Å². The normalized spacial score (nSPS) is 18.9. The summed E-state index contributed by atoms with van der Waals surface area (Å²) in [5.41, 5.74) is 0.660. The lowest BCUT2D eigenvalue weighted by Gasteiger charge is -2.24. The summed E-state index contributed by atoms with van der Waals surface area (Å²) in [7, 11) is 3.13. The third-order valence-corrected chi connectivity index (χ3v) is 6.03. The molecule has 0 N–H and O–H groups in total. The number of hydrogen-bond donors (Lipinski definition) is 0. The highest BCUT2D eigenvalue weighted by atomic mass is 32.2. The van der Waals surface area contributed by atoms with Gasteiger partial charge in [-0.2, -0.15) is 0 Å². The SMILES string of the molecule is COc1ccc(CC(=O)N(C)C2CCS(=O)(=O)C2)c(OC)c1OC. The molecule has 1 aliphatic heterocycles. The van der Waals surface area contributed by atoms with E-state index in [1.54, 1.807) is 19.2 Å². The van der Waals surface area contributed by atoms with E-state index in [0.29, 0.717) is 29.2 Å². The number of amides is 1. The molecular weight excluding hydrogens is 334 g/mol. The number of rotatable bonds is 6. The Morgan fingerprint density at radius 3 is 2.33 bits per heavy atom. The zero-order valence-electron chi connectivity index (χ0n) is 14.4. The van der Waals surface area contributed by atoms with Crippen LogP contribution in [0.25, 0.3) is 0 Å². The molecule has 0 spiro atoms. The fourth-order valence-corrected chi connectivity index (χ4v) is 4.65. The van der Waals surface area contributed by atoms with Gasteiger partial charge in [0.2, 0.25) is 11.7 Å². The second-order valence-electron chi connectivity index (χ2n) is 5.73. The zero-order chi connectivity index (χ0) is 17.9. The summed E-state index contributed by atoms with van der Waals surface area (Å²) in [5.74, 6) is 1.38. The molecule has 1 fully saturated rings. The fraction of sp³-hybridized carbons (Fsp3) is 0.562. The predicted octanol–water partition coefficient (Wildman–Crippen LogP) is 0.900. The minimum Gasteiger partial charge on any atom is -0.493 e. The van der Waals surface area contributed by atoms with Crippen molar-refractivity contribution >= 4 is 15.7 Å². The second kappa shape index (κ2) is 7.29. The molecule has 1 aromatic carbocycles. The molecule has 1 saturated heterocycles. The van der Waals surface area contributed by atoms with Crippen molar-refractivity contribution in [3.05, 3.63) is 17.7 Å². The fourth-order valence-electron chi connectivity index (χ4n) is 2.87. The van der Waals surface area contributed by atoms with Gasteiger partial charge in [0.05, 0.1) is 39.3 Å². The van der Waals surface area contributed by atoms with Gasteiger partial charge in [-0.3, -0.25) is 4.79 Å². The molecule has 0 saturated carbocycles. The number of likely N-dealkylation sites (N-methyl/N-ethyl adjacent to an activating group) is 1. The lowest BCUT2D eigenvalue weighted by Crippen LogP contribution is -2.38. The Bertz CT molecular complexity index is 716. The molecule has 24 heavy (non-hydrogen) atoms. The number of methoxy groups -OCH3 is 3. The van der Waals surface area contributed by atoms with E-state index in [2.05, 4.69) is 0 Å². The maximum atomic E-state index is 12.5. The van der Waals surface area contributed by atoms with Crippen LogP contribution in [-0.4, -0.2) is 65.1 Å². The molecule has 8 heteroatoms. The van der Waals surface area contributed by atoms with Crippen molar-refractivity contribution in [2.45, 2.75) is 18.9 Å². The number of nitrogens with zero attached hydrogens (tertiary/aromatic N) is 1. The van der Waals surface area contributed by atoms with Crippen LogP contribution in [0.5, 0.6) is 17.2 Å². The number of hydrogen-bond acceptors (Lipinski definition) is 6. The van der Waals surface area contributed by atoms with Crippen LogP contribution >= 0.6 is 0 Å². The first-order chi connectivity index (χ1) is 11.3. The van der Waals surface area contributed by atoms with Crippen molar-refractivity contribution < 1.29 is 27.4 Å². The first-order valence-electron chi connectivity index (χ1n) is 7.57. The van der Waals surface area contributed by atoms with E-state index in [4.69, 9.17) is 14.2 Å². The van der Waals surface area contributed by atoms with E-state index >= 15 is 0 Å². The Morgan fingerprint density at radius 1 is 1.17 bits per heavy atom. The van der Waals surface area contributed by atoms with Crippen molar-refractivity contribution in [1.29, 1.82) is 0 Å². The van der Waals surface area contributed by atoms with Gasteiger partial charge < -0.3 is 19.1 Å². The Balaban J connectivity index is 2.20. The molecule has 134 valence electrons. The van der Waals surface area contributed by atoms with E-state index in [9.17, 15) is 13.2 Å². The van der Waals surface area contributed by atoms with Crippen LogP contribution in [0.3, 0.4) is 0 Å². The number of benzene rings is 1. The Kier molecular flexibility index (Phi) is 5.58. The first-order valence-corrected chi connectivity index (χ1v) is 9.39. The van der Waals surface area contributed by atoms with Gasteiger partial charge >= 0.3 is 0 Å². The standard InChI is InChI=1S/C16H23NO6S/c1-17(12-7-8-24(19,20)10-12)14(18)9-11-5-6-13(21-2)16(23-4)15(11)22-3/h5-6,12H,7-10H2,1-4H3. The van der Waals surface area contributed by atoms with Crippen LogP contribution in [-0.2, 0) is 21.1 Å². The average molecular weight is 357 g/mol. The highest BCUT2D eigenvalue weighted by Gasteiger charge is 2.33.